The number of nitrogens with zero attached hydrogens (tertiary/aromatic N) is 2. The Bertz CT molecular complexity index is 842. The van der Waals surface area contributed by atoms with Crippen molar-refractivity contribution >= 4 is 34.2 Å². The normalized spacial score (nSPS) is 11.1. The average molecular weight is 324 g/mol. The maximum Gasteiger partial charge on any atom is 0.279 e. The van der Waals surface area contributed by atoms with Gasteiger partial charge in [0.25, 0.3) is 5.56 Å². The summed E-state index contributed by atoms with van der Waals surface area (Å²) in [6.07, 6.45) is 1.59. The van der Waals surface area contributed by atoms with Crippen LogP contribution in [0.4, 0.5) is 0 Å². The van der Waals surface area contributed by atoms with Gasteiger partial charge in [0.2, 0.25) is 0 Å². The molecule has 6 nitrogen and oxygen atoms in total. The number of aromatic amines is 2. The fraction of sp³-hybridized carbons (Fsp3) is 0.154. The minimum absolute atomic E-state index is 0.257. The summed E-state index contributed by atoms with van der Waals surface area (Å²) in [6, 6.07) is 5.43. The van der Waals surface area contributed by atoms with Gasteiger partial charge in [-0.15, -0.1) is 0 Å². The minimum atomic E-state index is -0.257. The van der Waals surface area contributed by atoms with Crippen LogP contribution in [0.15, 0.2) is 29.2 Å². The SMILES string of the molecule is O=c1[nH]c(CNCc2ccc(Cl)c(Cl)c2)nc2c[nH]nc12. The zero-order valence-corrected chi connectivity index (χ0v) is 12.3. The van der Waals surface area contributed by atoms with Crippen LogP contribution in [0.1, 0.15) is 11.4 Å². The van der Waals surface area contributed by atoms with Crippen molar-refractivity contribution in [1.29, 1.82) is 0 Å². The summed E-state index contributed by atoms with van der Waals surface area (Å²) in [5.41, 5.74) is 1.59. The molecule has 1 aromatic carbocycles. The first-order valence-electron chi connectivity index (χ1n) is 6.21. The number of H-pyrrole nitrogens is 2. The second-order valence-corrected chi connectivity index (χ2v) is 5.30. The molecule has 0 aliphatic heterocycles. The number of rotatable bonds is 4. The van der Waals surface area contributed by atoms with E-state index in [0.29, 0.717) is 40.0 Å². The predicted molar refractivity (Wildman–Crippen MR) is 81.5 cm³/mol. The molecule has 0 unspecified atom stereocenters. The van der Waals surface area contributed by atoms with Gasteiger partial charge in [-0.05, 0) is 17.7 Å². The van der Waals surface area contributed by atoms with E-state index in [4.69, 9.17) is 23.2 Å². The Kier molecular flexibility index (Phi) is 3.92. The number of nitrogens with one attached hydrogen (secondary N) is 3. The first-order valence-corrected chi connectivity index (χ1v) is 6.96. The standard InChI is InChI=1S/C13H11Cl2N5O/c14-8-2-1-7(3-9(8)15)4-16-6-11-18-10-5-17-20-12(10)13(21)19-11/h1-3,5,16H,4,6H2,(H,17,20)(H,18,19,21). The highest BCUT2D eigenvalue weighted by Crippen LogP contribution is 2.22. The molecule has 108 valence electrons. The third-order valence-electron chi connectivity index (χ3n) is 2.95. The summed E-state index contributed by atoms with van der Waals surface area (Å²) in [5, 5.41) is 10.7. The van der Waals surface area contributed by atoms with E-state index < -0.39 is 0 Å². The third-order valence-corrected chi connectivity index (χ3v) is 3.69. The van der Waals surface area contributed by atoms with E-state index in [2.05, 4.69) is 25.5 Å². The number of hydrogen-bond donors (Lipinski definition) is 3. The second kappa shape index (κ2) is 5.85. The Morgan fingerprint density at radius 2 is 2.05 bits per heavy atom. The molecule has 0 saturated carbocycles. The molecule has 3 rings (SSSR count). The van der Waals surface area contributed by atoms with Crippen LogP contribution in [0.25, 0.3) is 11.0 Å². The predicted octanol–water partition coefficient (Wildman–Crippen LogP) is 2.24. The van der Waals surface area contributed by atoms with Crippen LogP contribution in [-0.2, 0) is 13.1 Å². The molecular formula is C13H11Cl2N5O. The lowest BCUT2D eigenvalue weighted by molar-refractivity contribution is 0.663. The average Bonchev–Trinajstić information content (AvgIpc) is 2.92. The van der Waals surface area contributed by atoms with Gasteiger partial charge in [-0.2, -0.15) is 5.10 Å². The maximum atomic E-state index is 11.7. The summed E-state index contributed by atoms with van der Waals surface area (Å²) in [7, 11) is 0. The fourth-order valence-electron chi connectivity index (χ4n) is 1.96. The Labute approximate surface area is 129 Å². The zero-order valence-electron chi connectivity index (χ0n) is 10.8. The van der Waals surface area contributed by atoms with Crippen LogP contribution in [-0.4, -0.2) is 20.2 Å². The molecule has 0 aliphatic rings. The van der Waals surface area contributed by atoms with Gasteiger partial charge < -0.3 is 10.3 Å². The van der Waals surface area contributed by atoms with Crippen molar-refractivity contribution in [1.82, 2.24) is 25.5 Å². The van der Waals surface area contributed by atoms with Crippen LogP contribution in [0, 0.1) is 0 Å². The van der Waals surface area contributed by atoms with Crippen molar-refractivity contribution in [2.24, 2.45) is 0 Å². The van der Waals surface area contributed by atoms with E-state index >= 15 is 0 Å². The third kappa shape index (κ3) is 3.07. The van der Waals surface area contributed by atoms with E-state index in [1.807, 2.05) is 6.07 Å². The van der Waals surface area contributed by atoms with E-state index in [9.17, 15) is 4.79 Å². The lowest BCUT2D eigenvalue weighted by atomic mass is 10.2. The maximum absolute atomic E-state index is 11.7. The van der Waals surface area contributed by atoms with E-state index in [1.165, 1.54) is 0 Å². The lowest BCUT2D eigenvalue weighted by Crippen LogP contribution is -2.19. The van der Waals surface area contributed by atoms with Gasteiger partial charge in [0.15, 0.2) is 5.52 Å². The van der Waals surface area contributed by atoms with Crippen LogP contribution in [0.5, 0.6) is 0 Å². The molecule has 2 aromatic heterocycles. The van der Waals surface area contributed by atoms with Gasteiger partial charge in [-0.3, -0.25) is 9.89 Å². The van der Waals surface area contributed by atoms with Gasteiger partial charge in [-0.25, -0.2) is 4.98 Å². The minimum Gasteiger partial charge on any atom is -0.307 e. The van der Waals surface area contributed by atoms with Crippen molar-refractivity contribution in [3.63, 3.8) is 0 Å². The van der Waals surface area contributed by atoms with E-state index in [1.54, 1.807) is 18.3 Å². The Balaban J connectivity index is 1.68. The lowest BCUT2D eigenvalue weighted by Gasteiger charge is -2.05. The van der Waals surface area contributed by atoms with Crippen molar-refractivity contribution in [3.8, 4) is 0 Å². The molecule has 0 amide bonds. The largest absolute Gasteiger partial charge is 0.307 e. The first kappa shape index (κ1) is 14.1. The molecule has 8 heteroatoms. The van der Waals surface area contributed by atoms with E-state index in [-0.39, 0.29) is 5.56 Å². The van der Waals surface area contributed by atoms with Crippen LogP contribution in [0.3, 0.4) is 0 Å². The quantitative estimate of drug-likeness (QED) is 0.687. The number of hydrogen-bond acceptors (Lipinski definition) is 4. The zero-order chi connectivity index (χ0) is 14.8. The van der Waals surface area contributed by atoms with Crippen LogP contribution < -0.4 is 10.9 Å². The molecule has 0 spiro atoms. The number of fused-ring (bicyclic) bond motifs is 1. The van der Waals surface area contributed by atoms with Crippen LogP contribution >= 0.6 is 23.2 Å². The Hall–Kier alpha value is -1.89. The van der Waals surface area contributed by atoms with Crippen molar-refractivity contribution < 1.29 is 0 Å². The molecule has 3 N–H and O–H groups in total. The highest BCUT2D eigenvalue weighted by molar-refractivity contribution is 6.42. The molecule has 0 radical (unpaired) electrons. The summed E-state index contributed by atoms with van der Waals surface area (Å²) < 4.78 is 0. The summed E-state index contributed by atoms with van der Waals surface area (Å²) in [4.78, 5) is 18.7. The highest BCUT2D eigenvalue weighted by Gasteiger charge is 2.06. The Morgan fingerprint density at radius 3 is 2.86 bits per heavy atom. The van der Waals surface area contributed by atoms with Crippen molar-refractivity contribution in [3.05, 3.63) is 56.2 Å². The van der Waals surface area contributed by atoms with Crippen LogP contribution in [0.2, 0.25) is 10.0 Å². The van der Waals surface area contributed by atoms with Gasteiger partial charge in [0.1, 0.15) is 11.3 Å². The fourth-order valence-corrected chi connectivity index (χ4v) is 2.28. The van der Waals surface area contributed by atoms with Gasteiger partial charge >= 0.3 is 0 Å². The molecule has 0 atom stereocenters. The summed E-state index contributed by atoms with van der Waals surface area (Å²) in [5.74, 6) is 0.550. The highest BCUT2D eigenvalue weighted by atomic mass is 35.5. The van der Waals surface area contributed by atoms with Gasteiger partial charge in [0, 0.05) is 12.7 Å². The van der Waals surface area contributed by atoms with E-state index in [0.717, 1.165) is 5.56 Å². The van der Waals surface area contributed by atoms with Crippen molar-refractivity contribution in [2.45, 2.75) is 13.1 Å². The number of halogens is 2. The molecule has 0 bridgehead atoms. The molecule has 3 aromatic rings. The van der Waals surface area contributed by atoms with Gasteiger partial charge in [0.05, 0.1) is 16.6 Å². The molecule has 21 heavy (non-hydrogen) atoms. The molecule has 0 aliphatic carbocycles. The Morgan fingerprint density at radius 1 is 1.19 bits per heavy atom. The summed E-state index contributed by atoms with van der Waals surface area (Å²) in [6.45, 7) is 1.01. The topological polar surface area (TPSA) is 86.5 Å². The monoisotopic (exact) mass is 323 g/mol. The molecule has 2 heterocycles. The number of benzene rings is 1. The van der Waals surface area contributed by atoms with Crippen molar-refractivity contribution in [2.75, 3.05) is 0 Å². The first-order chi connectivity index (χ1) is 10.1. The number of aromatic nitrogens is 4. The summed E-state index contributed by atoms with van der Waals surface area (Å²) >= 11 is 11.8. The molecule has 0 saturated heterocycles. The smallest absolute Gasteiger partial charge is 0.279 e. The molecular weight excluding hydrogens is 313 g/mol. The van der Waals surface area contributed by atoms with Gasteiger partial charge in [-0.1, -0.05) is 29.3 Å². The molecule has 0 fully saturated rings. The second-order valence-electron chi connectivity index (χ2n) is 4.48.